The molecule has 1 saturated carbocycles. The summed E-state index contributed by atoms with van der Waals surface area (Å²) in [5.74, 6) is -0.397. The lowest BCUT2D eigenvalue weighted by atomic mass is 9.90. The highest BCUT2D eigenvalue weighted by Gasteiger charge is 2.26. The summed E-state index contributed by atoms with van der Waals surface area (Å²) in [6.45, 7) is 2.10. The Kier molecular flexibility index (Phi) is 6.11. The van der Waals surface area contributed by atoms with E-state index in [0.29, 0.717) is 23.2 Å². The second-order valence-corrected chi connectivity index (χ2v) is 9.99. The van der Waals surface area contributed by atoms with Crippen LogP contribution in [0.1, 0.15) is 43.0 Å². The second-order valence-electron chi connectivity index (χ2n) is 8.96. The molecule has 0 radical (unpaired) electrons. The average Bonchev–Trinajstić information content (AvgIpc) is 3.44. The third-order valence-electron chi connectivity index (χ3n) is 6.73. The third-order valence-corrected chi connectivity index (χ3v) is 7.75. The number of hydrogen-bond donors (Lipinski definition) is 0. The zero-order valence-corrected chi connectivity index (χ0v) is 20.3. The highest BCUT2D eigenvalue weighted by molar-refractivity contribution is 7.99. The first kappa shape index (κ1) is 22.6. The lowest BCUT2D eigenvalue weighted by Crippen LogP contribution is -2.33. The SMILES string of the molecule is Cc1c(-c2cc(Sc3ncccc3F)c3c(C#N)cnn3c2)cnn1C1CCC(N(C)C)CC1. The van der Waals surface area contributed by atoms with E-state index in [-0.39, 0.29) is 5.03 Å². The standard InChI is InChI=1S/C25H26FN7S/c1-16-21(14-30-33(16)20-8-6-19(7-9-20)31(2)3)17-11-23(34-25-22(26)5-4-10-28-25)24-18(12-27)13-29-32(24)15-17/h4-5,10-11,13-15,19-20H,6-9H2,1-3H3. The molecular formula is C25H26FN7S. The fourth-order valence-corrected chi connectivity index (χ4v) is 5.81. The number of nitrogens with zero attached hydrogens (tertiary/aromatic N) is 7. The Balaban J connectivity index is 1.53. The van der Waals surface area contributed by atoms with E-state index in [0.717, 1.165) is 34.6 Å². The maximum Gasteiger partial charge on any atom is 0.155 e. The molecule has 1 fully saturated rings. The van der Waals surface area contributed by atoms with Crippen LogP contribution in [0, 0.1) is 24.1 Å². The number of aromatic nitrogens is 5. The van der Waals surface area contributed by atoms with E-state index in [2.05, 4.69) is 46.8 Å². The number of rotatable bonds is 5. The molecule has 0 atom stereocenters. The fraction of sp³-hybridized carbons (Fsp3) is 0.360. The molecule has 9 heteroatoms. The van der Waals surface area contributed by atoms with E-state index in [1.165, 1.54) is 36.9 Å². The molecule has 0 bridgehead atoms. The zero-order valence-electron chi connectivity index (χ0n) is 19.4. The van der Waals surface area contributed by atoms with Gasteiger partial charge in [0.1, 0.15) is 11.1 Å². The van der Waals surface area contributed by atoms with Crippen LogP contribution in [0.4, 0.5) is 4.39 Å². The normalized spacial score (nSPS) is 18.5. The van der Waals surface area contributed by atoms with Crippen LogP contribution in [0.5, 0.6) is 0 Å². The van der Waals surface area contributed by atoms with Crippen molar-refractivity contribution in [2.45, 2.75) is 54.6 Å². The maximum absolute atomic E-state index is 14.4. The summed E-state index contributed by atoms with van der Waals surface area (Å²) in [6.07, 6.45) is 11.5. The van der Waals surface area contributed by atoms with Crippen molar-refractivity contribution in [1.29, 1.82) is 5.26 Å². The Morgan fingerprint density at radius 3 is 2.68 bits per heavy atom. The van der Waals surface area contributed by atoms with Crippen molar-refractivity contribution in [1.82, 2.24) is 29.3 Å². The van der Waals surface area contributed by atoms with Gasteiger partial charge in [0.05, 0.1) is 29.5 Å². The van der Waals surface area contributed by atoms with E-state index >= 15 is 0 Å². The fourth-order valence-electron chi connectivity index (χ4n) is 4.84. The molecule has 4 aromatic rings. The van der Waals surface area contributed by atoms with Gasteiger partial charge in [-0.05, 0) is 64.9 Å². The number of nitriles is 1. The van der Waals surface area contributed by atoms with Crippen LogP contribution in [-0.2, 0) is 0 Å². The molecule has 0 saturated heterocycles. The largest absolute Gasteiger partial charge is 0.306 e. The number of halogens is 1. The lowest BCUT2D eigenvalue weighted by molar-refractivity contribution is 0.188. The van der Waals surface area contributed by atoms with E-state index in [1.54, 1.807) is 16.8 Å². The van der Waals surface area contributed by atoms with Gasteiger partial charge in [-0.2, -0.15) is 15.5 Å². The average molecular weight is 476 g/mol. The third kappa shape index (κ3) is 4.08. The molecule has 174 valence electrons. The molecule has 0 spiro atoms. The van der Waals surface area contributed by atoms with Crippen molar-refractivity contribution < 1.29 is 4.39 Å². The summed E-state index contributed by atoms with van der Waals surface area (Å²) in [5, 5.41) is 19.0. The smallest absolute Gasteiger partial charge is 0.155 e. The van der Waals surface area contributed by atoms with Gasteiger partial charge in [-0.3, -0.25) is 4.68 Å². The molecule has 0 N–H and O–H groups in total. The zero-order chi connectivity index (χ0) is 23.8. The predicted molar refractivity (Wildman–Crippen MR) is 129 cm³/mol. The van der Waals surface area contributed by atoms with Gasteiger partial charge in [-0.15, -0.1) is 0 Å². The lowest BCUT2D eigenvalue weighted by Gasteiger charge is -2.33. The Morgan fingerprint density at radius 1 is 1.18 bits per heavy atom. The highest BCUT2D eigenvalue weighted by Crippen LogP contribution is 2.38. The van der Waals surface area contributed by atoms with Crippen molar-refractivity contribution >= 4 is 17.3 Å². The molecule has 1 aliphatic rings. The van der Waals surface area contributed by atoms with E-state index in [9.17, 15) is 9.65 Å². The van der Waals surface area contributed by atoms with Crippen molar-refractivity contribution in [2.75, 3.05) is 14.1 Å². The maximum atomic E-state index is 14.4. The monoisotopic (exact) mass is 475 g/mol. The van der Waals surface area contributed by atoms with Crippen LogP contribution in [0.3, 0.4) is 0 Å². The van der Waals surface area contributed by atoms with E-state index < -0.39 is 5.82 Å². The van der Waals surface area contributed by atoms with Crippen LogP contribution in [0.25, 0.3) is 16.6 Å². The van der Waals surface area contributed by atoms with Crippen LogP contribution < -0.4 is 0 Å². The molecule has 7 nitrogen and oxygen atoms in total. The van der Waals surface area contributed by atoms with Gasteiger partial charge in [0.15, 0.2) is 5.82 Å². The van der Waals surface area contributed by atoms with Gasteiger partial charge in [-0.25, -0.2) is 13.9 Å². The molecule has 4 aromatic heterocycles. The Hall–Kier alpha value is -3.22. The summed E-state index contributed by atoms with van der Waals surface area (Å²) >= 11 is 1.20. The van der Waals surface area contributed by atoms with Crippen LogP contribution in [0.15, 0.2) is 52.9 Å². The molecule has 0 amide bonds. The minimum atomic E-state index is -0.397. The molecule has 1 aliphatic carbocycles. The Labute approximate surface area is 202 Å². The molecule has 34 heavy (non-hydrogen) atoms. The number of hydrogen-bond acceptors (Lipinski definition) is 6. The van der Waals surface area contributed by atoms with Crippen molar-refractivity contribution in [3.63, 3.8) is 0 Å². The number of fused-ring (bicyclic) bond motifs is 1. The van der Waals surface area contributed by atoms with Crippen LogP contribution >= 0.6 is 11.8 Å². The summed E-state index contributed by atoms with van der Waals surface area (Å²) in [6, 6.07) is 8.14. The summed E-state index contributed by atoms with van der Waals surface area (Å²) in [4.78, 5) is 7.22. The molecular weight excluding hydrogens is 449 g/mol. The Morgan fingerprint density at radius 2 is 1.97 bits per heavy atom. The predicted octanol–water partition coefficient (Wildman–Crippen LogP) is 5.11. The van der Waals surface area contributed by atoms with Crippen molar-refractivity contribution in [2.24, 2.45) is 0 Å². The van der Waals surface area contributed by atoms with Crippen LogP contribution in [0.2, 0.25) is 0 Å². The molecule has 0 unspecified atom stereocenters. The minimum absolute atomic E-state index is 0.261. The first-order valence-electron chi connectivity index (χ1n) is 11.4. The first-order valence-corrected chi connectivity index (χ1v) is 12.2. The van der Waals surface area contributed by atoms with Gasteiger partial charge in [0.25, 0.3) is 0 Å². The molecule has 4 heterocycles. The minimum Gasteiger partial charge on any atom is -0.306 e. The summed E-state index contributed by atoms with van der Waals surface area (Å²) < 4.78 is 18.2. The first-order chi connectivity index (χ1) is 16.5. The molecule has 0 aromatic carbocycles. The Bertz CT molecular complexity index is 1380. The van der Waals surface area contributed by atoms with Crippen LogP contribution in [-0.4, -0.2) is 49.4 Å². The van der Waals surface area contributed by atoms with Crippen molar-refractivity contribution in [3.05, 3.63) is 60.1 Å². The van der Waals surface area contributed by atoms with Crippen molar-refractivity contribution in [3.8, 4) is 17.2 Å². The van der Waals surface area contributed by atoms with Gasteiger partial charge < -0.3 is 4.90 Å². The molecule has 5 rings (SSSR count). The van der Waals surface area contributed by atoms with Gasteiger partial charge in [0, 0.05) is 40.2 Å². The highest BCUT2D eigenvalue weighted by atomic mass is 32.2. The topological polar surface area (TPSA) is 75.0 Å². The second kappa shape index (κ2) is 9.20. The van der Waals surface area contributed by atoms with Gasteiger partial charge in [0.2, 0.25) is 0 Å². The molecule has 0 aliphatic heterocycles. The summed E-state index contributed by atoms with van der Waals surface area (Å²) in [7, 11) is 4.30. The van der Waals surface area contributed by atoms with Gasteiger partial charge in [-0.1, -0.05) is 11.8 Å². The number of pyridine rings is 2. The van der Waals surface area contributed by atoms with E-state index in [1.807, 2.05) is 18.5 Å². The summed E-state index contributed by atoms with van der Waals surface area (Å²) in [5.41, 5.74) is 4.11. The van der Waals surface area contributed by atoms with E-state index in [4.69, 9.17) is 5.10 Å². The van der Waals surface area contributed by atoms with Gasteiger partial charge >= 0.3 is 0 Å². The quantitative estimate of drug-likeness (QED) is 0.399.